The van der Waals surface area contributed by atoms with Crippen LogP contribution in [0.4, 0.5) is 16.2 Å². The van der Waals surface area contributed by atoms with E-state index in [1.54, 1.807) is 12.1 Å². The Bertz CT molecular complexity index is 712. The number of rotatable bonds is 3. The SMILES string of the molecule is CC12CC3CC(C)(C1)CC(NC(=O)Nc1ccc([N+](=O)[O-])cc1)(C3)C2. The standard InChI is InChI=1S/C19H25N3O3/c1-17-7-13-8-18(2,10-17)12-19(9-13,11-17)21-16(23)20-14-3-5-15(6-4-14)22(24)25/h3-6,13H,7-12H2,1-2H3,(H2,20,21,23). The molecule has 0 aliphatic heterocycles. The maximum Gasteiger partial charge on any atom is 0.319 e. The fraction of sp³-hybridized carbons (Fsp3) is 0.632. The maximum absolute atomic E-state index is 12.6. The number of urea groups is 1. The summed E-state index contributed by atoms with van der Waals surface area (Å²) in [7, 11) is 0. The van der Waals surface area contributed by atoms with Crippen LogP contribution < -0.4 is 10.6 Å². The van der Waals surface area contributed by atoms with Crippen molar-refractivity contribution in [1.29, 1.82) is 0 Å². The number of nitro benzene ring substituents is 1. The first-order valence-corrected chi connectivity index (χ1v) is 9.02. The lowest BCUT2D eigenvalue weighted by Crippen LogP contribution is -2.65. The van der Waals surface area contributed by atoms with Gasteiger partial charge in [0, 0.05) is 23.4 Å². The highest BCUT2D eigenvalue weighted by Crippen LogP contribution is 2.66. The molecule has 0 aromatic heterocycles. The van der Waals surface area contributed by atoms with E-state index in [0.29, 0.717) is 22.4 Å². The smallest absolute Gasteiger partial charge is 0.319 e. The van der Waals surface area contributed by atoms with Gasteiger partial charge in [-0.25, -0.2) is 4.79 Å². The summed E-state index contributed by atoms with van der Waals surface area (Å²) in [5.41, 5.74) is 1.18. The van der Waals surface area contributed by atoms with Gasteiger partial charge in [-0.05, 0) is 67.4 Å². The molecule has 4 bridgehead atoms. The summed E-state index contributed by atoms with van der Waals surface area (Å²) in [6.07, 6.45) is 7.03. The molecule has 6 nitrogen and oxygen atoms in total. The Kier molecular flexibility index (Phi) is 3.40. The van der Waals surface area contributed by atoms with Crippen molar-refractivity contribution in [1.82, 2.24) is 5.32 Å². The lowest BCUT2D eigenvalue weighted by molar-refractivity contribution is -0.384. The average molecular weight is 343 g/mol. The molecule has 2 atom stereocenters. The largest absolute Gasteiger partial charge is 0.332 e. The summed E-state index contributed by atoms with van der Waals surface area (Å²) in [6.45, 7) is 4.75. The maximum atomic E-state index is 12.6. The van der Waals surface area contributed by atoms with Gasteiger partial charge in [0.15, 0.2) is 0 Å². The van der Waals surface area contributed by atoms with Gasteiger partial charge in [-0.2, -0.15) is 0 Å². The topological polar surface area (TPSA) is 84.3 Å². The van der Waals surface area contributed by atoms with Crippen LogP contribution in [0.5, 0.6) is 0 Å². The number of benzene rings is 1. The van der Waals surface area contributed by atoms with Crippen LogP contribution in [0.3, 0.4) is 0 Å². The van der Waals surface area contributed by atoms with Gasteiger partial charge in [-0.1, -0.05) is 13.8 Å². The minimum absolute atomic E-state index is 0.0212. The molecule has 0 heterocycles. The molecule has 1 aromatic rings. The van der Waals surface area contributed by atoms with Crippen LogP contribution in [0.25, 0.3) is 0 Å². The summed E-state index contributed by atoms with van der Waals surface area (Å²) in [4.78, 5) is 22.8. The number of hydrogen-bond acceptors (Lipinski definition) is 3. The van der Waals surface area contributed by atoms with E-state index in [0.717, 1.165) is 19.3 Å². The Morgan fingerprint density at radius 3 is 2.20 bits per heavy atom. The van der Waals surface area contributed by atoms with Gasteiger partial charge >= 0.3 is 6.03 Å². The van der Waals surface area contributed by atoms with Crippen molar-refractivity contribution in [3.05, 3.63) is 34.4 Å². The molecule has 4 saturated carbocycles. The zero-order chi connectivity index (χ0) is 17.9. The molecule has 4 aliphatic rings. The summed E-state index contributed by atoms with van der Waals surface area (Å²) in [6, 6.07) is 5.74. The Balaban J connectivity index is 1.46. The van der Waals surface area contributed by atoms with Gasteiger partial charge < -0.3 is 10.6 Å². The van der Waals surface area contributed by atoms with Gasteiger partial charge in [0.05, 0.1) is 4.92 Å². The van der Waals surface area contributed by atoms with Gasteiger partial charge in [0.2, 0.25) is 0 Å². The van der Waals surface area contributed by atoms with E-state index in [9.17, 15) is 14.9 Å². The van der Waals surface area contributed by atoms with Gasteiger partial charge in [-0.15, -0.1) is 0 Å². The number of hydrogen-bond donors (Lipinski definition) is 2. The second-order valence-corrected chi connectivity index (χ2v) is 9.29. The Morgan fingerprint density at radius 1 is 1.08 bits per heavy atom. The van der Waals surface area contributed by atoms with Crippen molar-refractivity contribution in [3.63, 3.8) is 0 Å². The highest BCUT2D eigenvalue weighted by Gasteiger charge is 2.60. The van der Waals surface area contributed by atoms with Crippen LogP contribution in [-0.4, -0.2) is 16.5 Å². The van der Waals surface area contributed by atoms with Gasteiger partial charge in [0.25, 0.3) is 5.69 Å². The third-order valence-corrected chi connectivity index (χ3v) is 6.34. The number of nitrogens with one attached hydrogen (secondary N) is 2. The van der Waals surface area contributed by atoms with Crippen molar-refractivity contribution in [2.45, 2.75) is 57.9 Å². The minimum Gasteiger partial charge on any atom is -0.332 e. The third-order valence-electron chi connectivity index (χ3n) is 6.34. The fourth-order valence-electron chi connectivity index (χ4n) is 6.66. The Morgan fingerprint density at radius 2 is 1.68 bits per heavy atom. The average Bonchev–Trinajstić information content (AvgIpc) is 2.42. The van der Waals surface area contributed by atoms with Crippen molar-refractivity contribution in [2.75, 3.05) is 5.32 Å². The molecule has 2 unspecified atom stereocenters. The van der Waals surface area contributed by atoms with Crippen LogP contribution in [0.2, 0.25) is 0 Å². The van der Waals surface area contributed by atoms with Crippen molar-refractivity contribution in [2.24, 2.45) is 16.7 Å². The molecular weight excluding hydrogens is 318 g/mol. The molecule has 0 radical (unpaired) electrons. The zero-order valence-electron chi connectivity index (χ0n) is 14.8. The molecule has 2 amide bonds. The Labute approximate surface area is 147 Å². The van der Waals surface area contributed by atoms with E-state index in [1.807, 2.05) is 0 Å². The Hall–Kier alpha value is -2.11. The molecule has 6 heteroatoms. The fourth-order valence-corrected chi connectivity index (χ4v) is 6.66. The monoisotopic (exact) mass is 343 g/mol. The summed E-state index contributed by atoms with van der Waals surface area (Å²) in [5.74, 6) is 0.714. The molecule has 25 heavy (non-hydrogen) atoms. The van der Waals surface area contributed by atoms with E-state index < -0.39 is 4.92 Å². The highest BCUT2D eigenvalue weighted by atomic mass is 16.6. The van der Waals surface area contributed by atoms with Crippen LogP contribution in [0.1, 0.15) is 52.4 Å². The first-order valence-electron chi connectivity index (χ1n) is 9.02. The third kappa shape index (κ3) is 2.98. The highest BCUT2D eigenvalue weighted by molar-refractivity contribution is 5.90. The summed E-state index contributed by atoms with van der Waals surface area (Å²) in [5, 5.41) is 16.8. The summed E-state index contributed by atoms with van der Waals surface area (Å²) >= 11 is 0. The lowest BCUT2D eigenvalue weighted by atomic mass is 9.43. The molecule has 0 saturated heterocycles. The van der Waals surface area contributed by atoms with Crippen molar-refractivity contribution in [3.8, 4) is 0 Å². The van der Waals surface area contributed by atoms with E-state index >= 15 is 0 Å². The molecule has 0 spiro atoms. The van der Waals surface area contributed by atoms with Crippen LogP contribution >= 0.6 is 0 Å². The number of carbonyl (C=O) groups is 1. The molecule has 2 N–H and O–H groups in total. The molecule has 4 aliphatic carbocycles. The number of amides is 2. The van der Waals surface area contributed by atoms with Crippen LogP contribution in [0, 0.1) is 26.9 Å². The predicted octanol–water partition coefficient (Wildman–Crippen LogP) is 4.47. The molecule has 1 aromatic carbocycles. The van der Waals surface area contributed by atoms with Crippen LogP contribution in [-0.2, 0) is 0 Å². The minimum atomic E-state index is -0.444. The van der Waals surface area contributed by atoms with E-state index in [4.69, 9.17) is 0 Å². The first-order chi connectivity index (χ1) is 11.7. The number of non-ortho nitro benzene ring substituents is 1. The van der Waals surface area contributed by atoms with Gasteiger partial charge in [0.1, 0.15) is 0 Å². The molecule has 5 rings (SSSR count). The van der Waals surface area contributed by atoms with E-state index in [2.05, 4.69) is 24.5 Å². The second kappa shape index (κ2) is 5.19. The predicted molar refractivity (Wildman–Crippen MR) is 95.4 cm³/mol. The van der Waals surface area contributed by atoms with Crippen LogP contribution in [0.15, 0.2) is 24.3 Å². The second-order valence-electron chi connectivity index (χ2n) is 9.29. The van der Waals surface area contributed by atoms with Crippen molar-refractivity contribution < 1.29 is 9.72 Å². The first kappa shape index (κ1) is 16.4. The number of nitro groups is 1. The lowest BCUT2D eigenvalue weighted by Gasteiger charge is -2.65. The number of carbonyl (C=O) groups excluding carboxylic acids is 1. The molecular formula is C19H25N3O3. The normalized spacial score (nSPS) is 38.4. The number of anilines is 1. The van der Waals surface area contributed by atoms with E-state index in [-0.39, 0.29) is 17.3 Å². The summed E-state index contributed by atoms with van der Waals surface area (Å²) < 4.78 is 0. The number of nitrogens with zero attached hydrogens (tertiary/aromatic N) is 1. The zero-order valence-corrected chi connectivity index (χ0v) is 14.8. The van der Waals surface area contributed by atoms with Crippen molar-refractivity contribution >= 4 is 17.4 Å². The quantitative estimate of drug-likeness (QED) is 0.627. The molecule has 4 fully saturated rings. The van der Waals surface area contributed by atoms with E-state index in [1.165, 1.54) is 31.4 Å². The van der Waals surface area contributed by atoms with Gasteiger partial charge in [-0.3, -0.25) is 10.1 Å². The molecule has 134 valence electrons.